The highest BCUT2D eigenvalue weighted by Gasteiger charge is 2.16. The van der Waals surface area contributed by atoms with E-state index in [9.17, 15) is 9.59 Å². The lowest BCUT2D eigenvalue weighted by Gasteiger charge is -2.14. The Labute approximate surface area is 181 Å². The molecule has 1 amide bonds. The summed E-state index contributed by atoms with van der Waals surface area (Å²) in [5.41, 5.74) is 2.05. The topological polar surface area (TPSA) is 96.0 Å². The number of anilines is 1. The van der Waals surface area contributed by atoms with Crippen molar-refractivity contribution in [3.05, 3.63) is 40.0 Å². The van der Waals surface area contributed by atoms with Gasteiger partial charge in [-0.25, -0.2) is 4.98 Å². The van der Waals surface area contributed by atoms with Crippen molar-refractivity contribution in [3.8, 4) is 27.8 Å². The summed E-state index contributed by atoms with van der Waals surface area (Å²) in [6, 6.07) is 5.14. The van der Waals surface area contributed by atoms with Gasteiger partial charge in [0.2, 0.25) is 5.75 Å². The molecule has 158 valence electrons. The molecule has 2 aromatic heterocycles. The largest absolute Gasteiger partial charge is 0.493 e. The lowest BCUT2D eigenvalue weighted by Crippen LogP contribution is -2.21. The van der Waals surface area contributed by atoms with Crippen LogP contribution in [-0.4, -0.2) is 44.8 Å². The predicted octanol–water partition coefficient (Wildman–Crippen LogP) is 3.62. The Morgan fingerprint density at radius 2 is 1.80 bits per heavy atom. The van der Waals surface area contributed by atoms with Gasteiger partial charge in [0.25, 0.3) is 5.91 Å². The monoisotopic (exact) mass is 448 g/mol. The van der Waals surface area contributed by atoms with E-state index in [2.05, 4.69) is 10.3 Å². The van der Waals surface area contributed by atoms with E-state index in [1.54, 1.807) is 23.5 Å². The number of aromatic nitrogens is 1. The summed E-state index contributed by atoms with van der Waals surface area (Å²) in [4.78, 5) is 28.7. The number of ether oxygens (including phenoxy) is 4. The first kappa shape index (κ1) is 21.6. The normalized spacial score (nSPS) is 10.4. The van der Waals surface area contributed by atoms with Crippen LogP contribution in [0.4, 0.5) is 5.69 Å². The quantitative estimate of drug-likeness (QED) is 0.500. The lowest BCUT2D eigenvalue weighted by atomic mass is 10.2. The highest BCUT2D eigenvalue weighted by atomic mass is 32.1. The molecule has 2 heterocycles. The maximum Gasteiger partial charge on any atom is 0.312 e. The highest BCUT2D eigenvalue weighted by Crippen LogP contribution is 2.39. The molecule has 0 saturated heterocycles. The molecule has 0 spiro atoms. The van der Waals surface area contributed by atoms with E-state index in [-0.39, 0.29) is 6.42 Å². The second kappa shape index (κ2) is 10.1. The van der Waals surface area contributed by atoms with Crippen molar-refractivity contribution >= 4 is 40.2 Å². The minimum atomic E-state index is -0.530. The predicted molar refractivity (Wildman–Crippen MR) is 115 cm³/mol. The molecule has 1 N–H and O–H groups in total. The van der Waals surface area contributed by atoms with Crippen molar-refractivity contribution in [1.29, 1.82) is 0 Å². The average Bonchev–Trinajstić information content (AvgIpc) is 3.43. The number of hydrogen-bond donors (Lipinski definition) is 1. The van der Waals surface area contributed by atoms with E-state index in [4.69, 9.17) is 18.9 Å². The first-order chi connectivity index (χ1) is 14.5. The molecule has 0 saturated carbocycles. The number of nitrogens with one attached hydrogen (secondary N) is 1. The van der Waals surface area contributed by atoms with E-state index in [0.29, 0.717) is 28.6 Å². The zero-order valence-electron chi connectivity index (χ0n) is 16.6. The van der Waals surface area contributed by atoms with Gasteiger partial charge in [-0.15, -0.1) is 11.3 Å². The minimum absolute atomic E-state index is 0.00189. The fourth-order valence-corrected chi connectivity index (χ4v) is 4.13. The van der Waals surface area contributed by atoms with Crippen LogP contribution in [0.1, 0.15) is 5.69 Å². The number of thiazole rings is 1. The number of esters is 1. The zero-order valence-corrected chi connectivity index (χ0v) is 18.2. The van der Waals surface area contributed by atoms with Crippen molar-refractivity contribution in [2.75, 3.05) is 33.3 Å². The van der Waals surface area contributed by atoms with Crippen molar-refractivity contribution in [2.24, 2.45) is 0 Å². The van der Waals surface area contributed by atoms with E-state index >= 15 is 0 Å². The Kier molecular flexibility index (Phi) is 7.26. The Morgan fingerprint density at radius 1 is 1.07 bits per heavy atom. The summed E-state index contributed by atoms with van der Waals surface area (Å²) in [5, 5.41) is 9.26. The lowest BCUT2D eigenvalue weighted by molar-refractivity contribution is -0.146. The van der Waals surface area contributed by atoms with Crippen LogP contribution < -0.4 is 19.5 Å². The SMILES string of the molecule is COc1cc(NC(=O)COC(=O)Cc2csc(-c3ccsc3)n2)cc(OC)c1OC. The molecule has 0 radical (unpaired) electrons. The molecule has 0 aliphatic rings. The van der Waals surface area contributed by atoms with Crippen LogP contribution in [0.2, 0.25) is 0 Å². The molecule has 10 heteroatoms. The van der Waals surface area contributed by atoms with E-state index in [1.807, 2.05) is 22.2 Å². The Morgan fingerprint density at radius 3 is 2.40 bits per heavy atom. The summed E-state index contributed by atoms with van der Waals surface area (Å²) in [6.45, 7) is -0.420. The van der Waals surface area contributed by atoms with Gasteiger partial charge < -0.3 is 24.3 Å². The molecule has 0 fully saturated rings. The van der Waals surface area contributed by atoms with Gasteiger partial charge in [-0.2, -0.15) is 11.3 Å². The number of carbonyl (C=O) groups excluding carboxylic acids is 2. The smallest absolute Gasteiger partial charge is 0.312 e. The fourth-order valence-electron chi connectivity index (χ4n) is 2.60. The average molecular weight is 449 g/mol. The van der Waals surface area contributed by atoms with Gasteiger partial charge in [-0.3, -0.25) is 9.59 Å². The van der Waals surface area contributed by atoms with E-state index in [1.165, 1.54) is 32.7 Å². The number of nitrogens with zero attached hydrogens (tertiary/aromatic N) is 1. The van der Waals surface area contributed by atoms with Crippen molar-refractivity contribution in [1.82, 2.24) is 4.98 Å². The number of carbonyl (C=O) groups is 2. The number of benzene rings is 1. The molecule has 0 aliphatic heterocycles. The van der Waals surface area contributed by atoms with Crippen LogP contribution in [-0.2, 0) is 20.7 Å². The molecule has 0 aliphatic carbocycles. The molecule has 8 nitrogen and oxygen atoms in total. The Hall–Kier alpha value is -3.11. The molecule has 3 rings (SSSR count). The van der Waals surface area contributed by atoms with Crippen LogP contribution >= 0.6 is 22.7 Å². The van der Waals surface area contributed by atoms with Crippen LogP contribution in [0.3, 0.4) is 0 Å². The Balaban J connectivity index is 1.54. The minimum Gasteiger partial charge on any atom is -0.493 e. The van der Waals surface area contributed by atoms with Gasteiger partial charge in [0.1, 0.15) is 5.01 Å². The summed E-state index contributed by atoms with van der Waals surface area (Å²) >= 11 is 3.04. The summed E-state index contributed by atoms with van der Waals surface area (Å²) in [6.07, 6.45) is -0.00189. The highest BCUT2D eigenvalue weighted by molar-refractivity contribution is 7.14. The molecular formula is C20H20N2O6S2. The van der Waals surface area contributed by atoms with Gasteiger partial charge in [0, 0.05) is 34.1 Å². The number of methoxy groups -OCH3 is 3. The maximum absolute atomic E-state index is 12.2. The number of amides is 1. The number of hydrogen-bond acceptors (Lipinski definition) is 9. The molecule has 3 aromatic rings. The van der Waals surface area contributed by atoms with Crippen molar-refractivity contribution in [2.45, 2.75) is 6.42 Å². The Bertz CT molecular complexity index is 991. The third-order valence-electron chi connectivity index (χ3n) is 3.96. The first-order valence-electron chi connectivity index (χ1n) is 8.76. The maximum atomic E-state index is 12.2. The first-order valence-corrected chi connectivity index (χ1v) is 10.6. The molecule has 0 atom stereocenters. The third-order valence-corrected chi connectivity index (χ3v) is 5.58. The van der Waals surface area contributed by atoms with Crippen LogP contribution in [0.25, 0.3) is 10.6 Å². The summed E-state index contributed by atoms with van der Waals surface area (Å²) in [7, 11) is 4.45. The molecule has 30 heavy (non-hydrogen) atoms. The standard InChI is InChI=1S/C20H20N2O6S2/c1-25-15-6-13(7-16(26-2)19(15)27-3)21-17(23)9-28-18(24)8-14-11-30-20(22-14)12-4-5-29-10-12/h4-7,10-11H,8-9H2,1-3H3,(H,21,23). The van der Waals surface area contributed by atoms with Crippen molar-refractivity contribution in [3.63, 3.8) is 0 Å². The van der Waals surface area contributed by atoms with E-state index < -0.39 is 18.5 Å². The van der Waals surface area contributed by atoms with Gasteiger partial charge in [0.15, 0.2) is 18.1 Å². The van der Waals surface area contributed by atoms with Crippen molar-refractivity contribution < 1.29 is 28.5 Å². The second-order valence-corrected chi connectivity index (χ2v) is 7.59. The molecule has 1 aromatic carbocycles. The zero-order chi connectivity index (χ0) is 21.5. The van der Waals surface area contributed by atoms with Gasteiger partial charge >= 0.3 is 5.97 Å². The van der Waals surface area contributed by atoms with E-state index in [0.717, 1.165) is 10.6 Å². The van der Waals surface area contributed by atoms with Crippen LogP contribution in [0.5, 0.6) is 17.2 Å². The summed E-state index contributed by atoms with van der Waals surface area (Å²) in [5.74, 6) is 0.185. The molecule has 0 bridgehead atoms. The number of thiophene rings is 1. The third kappa shape index (κ3) is 5.28. The number of rotatable bonds is 9. The molecular weight excluding hydrogens is 428 g/mol. The van der Waals surface area contributed by atoms with Crippen LogP contribution in [0, 0.1) is 0 Å². The second-order valence-electron chi connectivity index (χ2n) is 5.96. The van der Waals surface area contributed by atoms with Gasteiger partial charge in [-0.1, -0.05) is 0 Å². The summed E-state index contributed by atoms with van der Waals surface area (Å²) < 4.78 is 20.8. The molecule has 0 unspecified atom stereocenters. The van der Waals surface area contributed by atoms with Crippen LogP contribution in [0.15, 0.2) is 34.3 Å². The van der Waals surface area contributed by atoms with Gasteiger partial charge in [0.05, 0.1) is 33.4 Å². The fraction of sp³-hybridized carbons (Fsp3) is 0.250. The van der Waals surface area contributed by atoms with Gasteiger partial charge in [-0.05, 0) is 11.4 Å².